The number of carbonyl (C=O) groups is 1. The van der Waals surface area contributed by atoms with Crippen molar-refractivity contribution in [3.63, 3.8) is 0 Å². The quantitative estimate of drug-likeness (QED) is 0.484. The van der Waals surface area contributed by atoms with Gasteiger partial charge in [0.2, 0.25) is 0 Å². The van der Waals surface area contributed by atoms with Gasteiger partial charge in [0.1, 0.15) is 0 Å². The Hall–Kier alpha value is -0.620. The van der Waals surface area contributed by atoms with E-state index in [0.29, 0.717) is 6.42 Å². The molecule has 16 heavy (non-hydrogen) atoms. The molecule has 0 rings (SSSR count). The monoisotopic (exact) mass is 252 g/mol. The molecule has 0 radical (unpaired) electrons. The summed E-state index contributed by atoms with van der Waals surface area (Å²) in [5.41, 5.74) is 0. The first kappa shape index (κ1) is 15.4. The van der Waals surface area contributed by atoms with Crippen LogP contribution in [0, 0.1) is 0 Å². The molecular formula is C10H20O5S. The van der Waals surface area contributed by atoms with Crippen LogP contribution in [0.1, 0.15) is 51.9 Å². The van der Waals surface area contributed by atoms with Gasteiger partial charge in [0.15, 0.2) is 5.25 Å². The number of carboxylic acids is 1. The van der Waals surface area contributed by atoms with Crippen LogP contribution in [-0.4, -0.2) is 29.3 Å². The molecule has 0 aliphatic carbocycles. The molecule has 0 aromatic carbocycles. The molecular weight excluding hydrogens is 232 g/mol. The van der Waals surface area contributed by atoms with Gasteiger partial charge in [-0.05, 0) is 6.42 Å². The second-order valence-electron chi connectivity index (χ2n) is 3.90. The molecule has 0 saturated carbocycles. The maximum Gasteiger partial charge on any atom is 0.324 e. The summed E-state index contributed by atoms with van der Waals surface area (Å²) in [5.74, 6) is -1.48. The van der Waals surface area contributed by atoms with Crippen LogP contribution >= 0.6 is 0 Å². The van der Waals surface area contributed by atoms with Gasteiger partial charge in [-0.1, -0.05) is 45.4 Å². The highest BCUT2D eigenvalue weighted by atomic mass is 32.2. The molecule has 0 fully saturated rings. The number of carboxylic acid groups (broad SMARTS) is 1. The summed E-state index contributed by atoms with van der Waals surface area (Å²) in [6.45, 7) is 2.10. The lowest BCUT2D eigenvalue weighted by Gasteiger charge is -2.08. The van der Waals surface area contributed by atoms with Crippen molar-refractivity contribution in [1.29, 1.82) is 0 Å². The largest absolute Gasteiger partial charge is 0.480 e. The molecule has 0 aromatic rings. The van der Waals surface area contributed by atoms with E-state index in [4.69, 9.17) is 9.66 Å². The van der Waals surface area contributed by atoms with Crippen molar-refractivity contribution < 1.29 is 22.9 Å². The highest BCUT2D eigenvalue weighted by Crippen LogP contribution is 2.12. The number of hydrogen-bond donors (Lipinski definition) is 2. The van der Waals surface area contributed by atoms with Crippen LogP contribution in [0.3, 0.4) is 0 Å². The molecule has 96 valence electrons. The molecule has 0 aromatic heterocycles. The fourth-order valence-electron chi connectivity index (χ4n) is 1.51. The molecule has 0 saturated heterocycles. The van der Waals surface area contributed by atoms with Crippen LogP contribution in [0.5, 0.6) is 0 Å². The first-order valence-electron chi connectivity index (χ1n) is 5.58. The topological polar surface area (TPSA) is 91.7 Å². The van der Waals surface area contributed by atoms with Gasteiger partial charge < -0.3 is 5.11 Å². The first-order valence-corrected chi connectivity index (χ1v) is 7.09. The van der Waals surface area contributed by atoms with E-state index < -0.39 is 21.3 Å². The average Bonchev–Trinajstić information content (AvgIpc) is 2.13. The summed E-state index contributed by atoms with van der Waals surface area (Å²) < 4.78 is 30.1. The lowest BCUT2D eigenvalue weighted by Crippen LogP contribution is -2.29. The fourth-order valence-corrected chi connectivity index (χ4v) is 2.23. The lowest BCUT2D eigenvalue weighted by atomic mass is 10.1. The Labute approximate surface area is 96.6 Å². The minimum absolute atomic E-state index is 0.0136. The minimum atomic E-state index is -4.46. The molecule has 1 atom stereocenters. The van der Waals surface area contributed by atoms with Gasteiger partial charge in [0.05, 0.1) is 0 Å². The number of unbranched alkanes of at least 4 members (excludes halogenated alkanes) is 5. The molecule has 0 heterocycles. The molecule has 1 unspecified atom stereocenters. The zero-order chi connectivity index (χ0) is 12.6. The van der Waals surface area contributed by atoms with Gasteiger partial charge >= 0.3 is 5.97 Å². The van der Waals surface area contributed by atoms with Crippen molar-refractivity contribution in [2.45, 2.75) is 57.1 Å². The highest BCUT2D eigenvalue weighted by molar-refractivity contribution is 7.87. The van der Waals surface area contributed by atoms with Crippen molar-refractivity contribution in [2.24, 2.45) is 0 Å². The van der Waals surface area contributed by atoms with Crippen molar-refractivity contribution in [1.82, 2.24) is 0 Å². The maximum atomic E-state index is 10.7. The molecule has 6 heteroatoms. The number of rotatable bonds is 9. The van der Waals surface area contributed by atoms with E-state index in [1.807, 2.05) is 0 Å². The fraction of sp³-hybridized carbons (Fsp3) is 0.900. The van der Waals surface area contributed by atoms with Crippen molar-refractivity contribution in [3.05, 3.63) is 0 Å². The van der Waals surface area contributed by atoms with Gasteiger partial charge in [-0.3, -0.25) is 9.35 Å². The van der Waals surface area contributed by atoms with Crippen molar-refractivity contribution in [2.75, 3.05) is 0 Å². The Kier molecular flexibility index (Phi) is 7.33. The second kappa shape index (κ2) is 7.62. The van der Waals surface area contributed by atoms with E-state index in [1.165, 1.54) is 0 Å². The van der Waals surface area contributed by atoms with Crippen LogP contribution in [0.25, 0.3) is 0 Å². The van der Waals surface area contributed by atoms with Gasteiger partial charge in [0, 0.05) is 0 Å². The molecule has 0 bridgehead atoms. The Morgan fingerprint density at radius 2 is 1.62 bits per heavy atom. The predicted molar refractivity (Wildman–Crippen MR) is 61.0 cm³/mol. The van der Waals surface area contributed by atoms with Crippen LogP contribution in [0.2, 0.25) is 0 Å². The predicted octanol–water partition coefficient (Wildman–Crippen LogP) is 2.08. The third kappa shape index (κ3) is 6.79. The van der Waals surface area contributed by atoms with Gasteiger partial charge in [-0.15, -0.1) is 0 Å². The normalized spacial score (nSPS) is 13.6. The van der Waals surface area contributed by atoms with Crippen molar-refractivity contribution in [3.8, 4) is 0 Å². The third-order valence-corrected chi connectivity index (χ3v) is 3.61. The van der Waals surface area contributed by atoms with Gasteiger partial charge in [-0.25, -0.2) is 0 Å². The molecule has 0 spiro atoms. The maximum absolute atomic E-state index is 10.7. The third-order valence-electron chi connectivity index (χ3n) is 2.45. The molecule has 5 nitrogen and oxygen atoms in total. The Balaban J connectivity index is 3.84. The van der Waals surface area contributed by atoms with Crippen LogP contribution in [0.4, 0.5) is 0 Å². The summed E-state index contributed by atoms with van der Waals surface area (Å²) in [5, 5.41) is 6.94. The zero-order valence-electron chi connectivity index (χ0n) is 9.55. The van der Waals surface area contributed by atoms with Crippen LogP contribution < -0.4 is 0 Å². The summed E-state index contributed by atoms with van der Waals surface area (Å²) in [4.78, 5) is 10.6. The minimum Gasteiger partial charge on any atom is -0.480 e. The van der Waals surface area contributed by atoms with E-state index in [-0.39, 0.29) is 6.42 Å². The highest BCUT2D eigenvalue weighted by Gasteiger charge is 2.29. The molecule has 0 aliphatic rings. The van der Waals surface area contributed by atoms with Crippen LogP contribution in [0.15, 0.2) is 0 Å². The number of hydrogen-bond acceptors (Lipinski definition) is 3. The first-order chi connectivity index (χ1) is 7.39. The summed E-state index contributed by atoms with van der Waals surface area (Å²) >= 11 is 0. The van der Waals surface area contributed by atoms with E-state index in [1.54, 1.807) is 0 Å². The van der Waals surface area contributed by atoms with E-state index in [9.17, 15) is 13.2 Å². The zero-order valence-corrected chi connectivity index (χ0v) is 10.4. The average molecular weight is 252 g/mol. The van der Waals surface area contributed by atoms with Gasteiger partial charge in [-0.2, -0.15) is 8.42 Å². The Morgan fingerprint density at radius 1 is 1.12 bits per heavy atom. The van der Waals surface area contributed by atoms with Crippen LogP contribution in [-0.2, 0) is 14.9 Å². The summed E-state index contributed by atoms with van der Waals surface area (Å²) in [7, 11) is -4.46. The molecule has 0 aliphatic heterocycles. The van der Waals surface area contributed by atoms with E-state index in [2.05, 4.69) is 6.92 Å². The SMILES string of the molecule is CCCCCCCCC(C(=O)O)S(=O)(=O)O. The van der Waals surface area contributed by atoms with E-state index >= 15 is 0 Å². The smallest absolute Gasteiger partial charge is 0.324 e. The summed E-state index contributed by atoms with van der Waals surface area (Å²) in [6.07, 6.45) is 5.63. The standard InChI is InChI=1S/C10H20O5S/c1-2-3-4-5-6-7-8-9(10(11)12)16(13,14)15/h9H,2-8H2,1H3,(H,11,12)(H,13,14,15). The molecule has 0 amide bonds. The Bertz CT molecular complexity index is 296. The Morgan fingerprint density at radius 3 is 2.06 bits per heavy atom. The number of aliphatic carboxylic acids is 1. The van der Waals surface area contributed by atoms with Crippen molar-refractivity contribution >= 4 is 16.1 Å². The van der Waals surface area contributed by atoms with Gasteiger partial charge in [0.25, 0.3) is 10.1 Å². The molecule has 2 N–H and O–H groups in total. The van der Waals surface area contributed by atoms with E-state index in [0.717, 1.165) is 32.1 Å². The second-order valence-corrected chi connectivity index (χ2v) is 5.50. The summed E-state index contributed by atoms with van der Waals surface area (Å²) in [6, 6.07) is 0. The lowest BCUT2D eigenvalue weighted by molar-refractivity contribution is -0.136.